The highest BCUT2D eigenvalue weighted by Crippen LogP contribution is 2.14. The lowest BCUT2D eigenvalue weighted by molar-refractivity contribution is -0.121. The lowest BCUT2D eigenvalue weighted by atomic mass is 10.1. The third-order valence-electron chi connectivity index (χ3n) is 4.54. The second kappa shape index (κ2) is 10.7. The van der Waals surface area contributed by atoms with Crippen molar-refractivity contribution in [2.24, 2.45) is 0 Å². The molecule has 150 valence electrons. The fourth-order valence-electron chi connectivity index (χ4n) is 3.20. The monoisotopic (exact) mass is 402 g/mol. The van der Waals surface area contributed by atoms with Gasteiger partial charge in [-0.1, -0.05) is 24.3 Å². The van der Waals surface area contributed by atoms with E-state index in [4.69, 9.17) is 0 Å². The maximum atomic E-state index is 12.2. The van der Waals surface area contributed by atoms with Crippen molar-refractivity contribution in [3.05, 3.63) is 59.7 Å². The highest BCUT2D eigenvalue weighted by Gasteiger charge is 2.17. The summed E-state index contributed by atoms with van der Waals surface area (Å²) in [6.45, 7) is 3.42. The second-order valence-electron chi connectivity index (χ2n) is 6.92. The van der Waals surface area contributed by atoms with Gasteiger partial charge >= 0.3 is 6.03 Å². The Balaban J connectivity index is 0.00000280. The van der Waals surface area contributed by atoms with Crippen LogP contribution in [0.4, 0.5) is 16.2 Å². The first kappa shape index (κ1) is 21.7. The van der Waals surface area contributed by atoms with Crippen molar-refractivity contribution in [1.29, 1.82) is 0 Å². The molecule has 0 bridgehead atoms. The lowest BCUT2D eigenvalue weighted by Gasteiger charge is -2.12. The summed E-state index contributed by atoms with van der Waals surface area (Å²) in [7, 11) is 0. The van der Waals surface area contributed by atoms with Gasteiger partial charge in [-0.15, -0.1) is 12.4 Å². The number of carbonyl (C=O) groups excluding carboxylic acids is 2. The van der Waals surface area contributed by atoms with Crippen LogP contribution in [0.3, 0.4) is 0 Å². The third kappa shape index (κ3) is 6.87. The van der Waals surface area contributed by atoms with Crippen LogP contribution in [-0.2, 0) is 11.3 Å². The summed E-state index contributed by atoms with van der Waals surface area (Å²) in [5.74, 6) is 0.0463. The zero-order valence-corrected chi connectivity index (χ0v) is 16.8. The number of halogens is 1. The van der Waals surface area contributed by atoms with Crippen molar-refractivity contribution in [2.75, 3.05) is 17.2 Å². The van der Waals surface area contributed by atoms with Crippen LogP contribution in [0, 0.1) is 6.92 Å². The largest absolute Gasteiger partial charge is 0.352 e. The molecule has 1 atom stereocenters. The molecule has 1 aliphatic rings. The van der Waals surface area contributed by atoms with E-state index in [1.165, 1.54) is 0 Å². The van der Waals surface area contributed by atoms with E-state index in [0.717, 1.165) is 36.2 Å². The minimum atomic E-state index is -0.297. The van der Waals surface area contributed by atoms with E-state index in [1.807, 2.05) is 55.5 Å². The van der Waals surface area contributed by atoms with Crippen LogP contribution in [0.5, 0.6) is 0 Å². The molecular formula is C21H27ClN4O2. The molecule has 0 aliphatic carbocycles. The van der Waals surface area contributed by atoms with Gasteiger partial charge in [-0.25, -0.2) is 4.79 Å². The topological polar surface area (TPSA) is 82.3 Å². The van der Waals surface area contributed by atoms with Crippen molar-refractivity contribution in [3.8, 4) is 0 Å². The Kier molecular flexibility index (Phi) is 8.29. The Morgan fingerprint density at radius 2 is 1.79 bits per heavy atom. The van der Waals surface area contributed by atoms with E-state index < -0.39 is 0 Å². The van der Waals surface area contributed by atoms with Gasteiger partial charge in [0.1, 0.15) is 0 Å². The van der Waals surface area contributed by atoms with Gasteiger partial charge in [0.25, 0.3) is 0 Å². The highest BCUT2D eigenvalue weighted by molar-refractivity contribution is 5.99. The predicted molar refractivity (Wildman–Crippen MR) is 115 cm³/mol. The number of hydrogen-bond donors (Lipinski definition) is 4. The summed E-state index contributed by atoms with van der Waals surface area (Å²) < 4.78 is 0. The Morgan fingerprint density at radius 3 is 2.46 bits per heavy atom. The van der Waals surface area contributed by atoms with E-state index >= 15 is 0 Å². The smallest absolute Gasteiger partial charge is 0.323 e. The molecule has 0 radical (unpaired) electrons. The van der Waals surface area contributed by atoms with E-state index in [2.05, 4.69) is 21.3 Å². The minimum absolute atomic E-state index is 0. The third-order valence-corrected chi connectivity index (χ3v) is 4.54. The lowest BCUT2D eigenvalue weighted by Crippen LogP contribution is -2.31. The molecule has 1 saturated heterocycles. The van der Waals surface area contributed by atoms with Crippen molar-refractivity contribution < 1.29 is 9.59 Å². The quantitative estimate of drug-likeness (QED) is 0.592. The molecule has 3 rings (SSSR count). The number of rotatable bonds is 6. The molecule has 3 amide bonds. The average molecular weight is 403 g/mol. The standard InChI is InChI=1S/C21H26N4O2.ClH/c1-15-5-2-7-18(11-15)24-21(27)25-19-8-3-6-16(12-19)14-23-20(26)13-17-9-4-10-22-17;/h2-3,5-8,11-12,17,22H,4,9-10,13-14H2,1H3,(H,23,26)(H2,24,25,27);1H. The van der Waals surface area contributed by atoms with E-state index in [1.54, 1.807) is 0 Å². The zero-order valence-electron chi connectivity index (χ0n) is 16.0. The molecule has 28 heavy (non-hydrogen) atoms. The number of benzene rings is 2. The molecule has 7 heteroatoms. The van der Waals surface area contributed by atoms with E-state index in [9.17, 15) is 9.59 Å². The minimum Gasteiger partial charge on any atom is -0.352 e. The van der Waals surface area contributed by atoms with Crippen LogP contribution in [0.1, 0.15) is 30.4 Å². The summed E-state index contributed by atoms with van der Waals surface area (Å²) in [5.41, 5.74) is 3.45. The van der Waals surface area contributed by atoms with Crippen LogP contribution >= 0.6 is 12.4 Å². The molecule has 1 fully saturated rings. The number of hydrogen-bond acceptors (Lipinski definition) is 3. The molecule has 1 aliphatic heterocycles. The fourth-order valence-corrected chi connectivity index (χ4v) is 3.20. The van der Waals surface area contributed by atoms with E-state index in [0.29, 0.717) is 24.7 Å². The molecule has 0 saturated carbocycles. The average Bonchev–Trinajstić information content (AvgIpc) is 3.13. The maximum Gasteiger partial charge on any atom is 0.323 e. The summed E-state index contributed by atoms with van der Waals surface area (Å²) >= 11 is 0. The maximum absolute atomic E-state index is 12.2. The highest BCUT2D eigenvalue weighted by atomic mass is 35.5. The van der Waals surface area contributed by atoms with Crippen molar-refractivity contribution >= 4 is 35.7 Å². The van der Waals surface area contributed by atoms with Gasteiger partial charge < -0.3 is 21.3 Å². The number of urea groups is 1. The van der Waals surface area contributed by atoms with Gasteiger partial charge in [0, 0.05) is 30.4 Å². The fraction of sp³-hybridized carbons (Fsp3) is 0.333. The number of carbonyl (C=O) groups is 2. The Hall–Kier alpha value is -2.57. The van der Waals surface area contributed by atoms with Gasteiger partial charge in [-0.3, -0.25) is 4.79 Å². The summed E-state index contributed by atoms with van der Waals surface area (Å²) in [5, 5.41) is 11.9. The van der Waals surface area contributed by atoms with Crippen LogP contribution in [0.25, 0.3) is 0 Å². The Labute approximate surface area is 171 Å². The van der Waals surface area contributed by atoms with Gasteiger partial charge in [0.15, 0.2) is 0 Å². The Bertz CT molecular complexity index is 806. The summed E-state index contributed by atoms with van der Waals surface area (Å²) in [4.78, 5) is 24.2. The molecule has 4 N–H and O–H groups in total. The van der Waals surface area contributed by atoms with Crippen LogP contribution < -0.4 is 21.3 Å². The molecule has 0 spiro atoms. The second-order valence-corrected chi connectivity index (χ2v) is 6.92. The normalized spacial score (nSPS) is 15.4. The zero-order chi connectivity index (χ0) is 19.1. The first-order valence-electron chi connectivity index (χ1n) is 9.32. The van der Waals surface area contributed by atoms with Crippen molar-refractivity contribution in [1.82, 2.24) is 10.6 Å². The summed E-state index contributed by atoms with van der Waals surface area (Å²) in [6, 6.07) is 15.1. The van der Waals surface area contributed by atoms with Crippen molar-refractivity contribution in [2.45, 2.75) is 38.8 Å². The number of aryl methyl sites for hydroxylation is 1. The molecule has 0 aromatic heterocycles. The SMILES string of the molecule is Cc1cccc(NC(=O)Nc2cccc(CNC(=O)CC3CCCN3)c2)c1.Cl. The first-order chi connectivity index (χ1) is 13.1. The van der Waals surface area contributed by atoms with Gasteiger partial charge in [0.05, 0.1) is 0 Å². The first-order valence-corrected chi connectivity index (χ1v) is 9.32. The molecule has 1 heterocycles. The van der Waals surface area contributed by atoms with Gasteiger partial charge in [0.2, 0.25) is 5.91 Å². The van der Waals surface area contributed by atoms with Crippen LogP contribution in [0.2, 0.25) is 0 Å². The van der Waals surface area contributed by atoms with Gasteiger partial charge in [-0.2, -0.15) is 0 Å². The van der Waals surface area contributed by atoms with E-state index in [-0.39, 0.29) is 24.3 Å². The molecule has 6 nitrogen and oxygen atoms in total. The molecular weight excluding hydrogens is 376 g/mol. The number of amides is 3. The number of nitrogens with one attached hydrogen (secondary N) is 4. The van der Waals surface area contributed by atoms with Crippen LogP contribution in [0.15, 0.2) is 48.5 Å². The molecule has 2 aromatic rings. The molecule has 2 aromatic carbocycles. The van der Waals surface area contributed by atoms with Crippen LogP contribution in [-0.4, -0.2) is 24.5 Å². The van der Waals surface area contributed by atoms with Crippen molar-refractivity contribution in [3.63, 3.8) is 0 Å². The molecule has 1 unspecified atom stereocenters. The summed E-state index contributed by atoms with van der Waals surface area (Å²) in [6.07, 6.45) is 2.70. The number of anilines is 2. The van der Waals surface area contributed by atoms with Gasteiger partial charge in [-0.05, 0) is 61.7 Å². The Morgan fingerprint density at radius 1 is 1.07 bits per heavy atom. The predicted octanol–water partition coefficient (Wildman–Crippen LogP) is 3.82.